The average molecular weight is 504 g/mol. The molecule has 0 bridgehead atoms. The van der Waals surface area contributed by atoms with Crippen molar-refractivity contribution in [1.29, 1.82) is 0 Å². The Bertz CT molecular complexity index is 1430. The van der Waals surface area contributed by atoms with Crippen LogP contribution in [0.2, 0.25) is 5.02 Å². The number of thiophene rings is 1. The highest BCUT2D eigenvalue weighted by Crippen LogP contribution is 2.43. The molecule has 3 aromatic carbocycles. The van der Waals surface area contributed by atoms with Crippen LogP contribution in [-0.2, 0) is 9.53 Å². The van der Waals surface area contributed by atoms with Gasteiger partial charge in [-0.3, -0.25) is 0 Å². The zero-order chi connectivity index (χ0) is 25.2. The van der Waals surface area contributed by atoms with Gasteiger partial charge in [0.2, 0.25) is 0 Å². The molecule has 0 aliphatic rings. The lowest BCUT2D eigenvalue weighted by Gasteiger charge is -2.19. The van der Waals surface area contributed by atoms with Crippen LogP contribution in [0.1, 0.15) is 36.1 Å². The number of hydrogen-bond acceptors (Lipinski definition) is 3. The zero-order valence-corrected chi connectivity index (χ0v) is 22.1. The van der Waals surface area contributed by atoms with Crippen LogP contribution in [0.5, 0.6) is 5.75 Å². The monoisotopic (exact) mass is 503 g/mol. The molecule has 0 amide bonds. The van der Waals surface area contributed by atoms with Crippen molar-refractivity contribution in [2.75, 3.05) is 6.61 Å². The van der Waals surface area contributed by atoms with E-state index in [1.165, 1.54) is 20.5 Å². The minimum atomic E-state index is -0.949. The Hall–Kier alpha value is -3.26. The molecule has 0 saturated heterocycles. The van der Waals surface area contributed by atoms with Gasteiger partial charge >= 0.3 is 5.97 Å². The molecule has 1 unspecified atom stereocenters. The zero-order valence-electron chi connectivity index (χ0n) is 20.6. The summed E-state index contributed by atoms with van der Waals surface area (Å²) >= 11 is 5.91. The van der Waals surface area contributed by atoms with E-state index in [-0.39, 0.29) is 17.1 Å². The van der Waals surface area contributed by atoms with Crippen LogP contribution >= 0.6 is 22.1 Å². The van der Waals surface area contributed by atoms with Crippen molar-refractivity contribution in [2.45, 2.75) is 40.2 Å². The normalized spacial score (nSPS) is 11.7. The number of benzene rings is 3. The predicted octanol–water partition coefficient (Wildman–Crippen LogP) is 7.91. The molecule has 35 heavy (non-hydrogen) atoms. The highest BCUT2D eigenvalue weighted by molar-refractivity contribution is 7.43. The standard InChI is InChI=1S/C30H28ClO3S/c1-20-16-25(35-19-22(3)26-8-6-7-9-27(26)35)17-21(2)29(20)33-18-28(32)34-30(4,5)15-14-23-10-12-24(31)13-11-23/h6-13,16-17,19H,18H2,1-5H3/q+1. The van der Waals surface area contributed by atoms with Crippen LogP contribution in [0.3, 0.4) is 0 Å². The predicted molar refractivity (Wildman–Crippen MR) is 146 cm³/mol. The minimum Gasteiger partial charge on any atom is -0.481 e. The number of carbonyl (C=O) groups excluding carboxylic acids is 1. The maximum absolute atomic E-state index is 12.5. The third kappa shape index (κ3) is 5.88. The molecule has 0 saturated carbocycles. The van der Waals surface area contributed by atoms with Crippen molar-refractivity contribution < 1.29 is 14.3 Å². The first kappa shape index (κ1) is 24.9. The number of esters is 1. The highest BCUT2D eigenvalue weighted by Gasteiger charge is 2.23. The number of ether oxygens (including phenoxy) is 2. The lowest BCUT2D eigenvalue weighted by Crippen LogP contribution is -2.29. The van der Waals surface area contributed by atoms with Crippen LogP contribution in [0.25, 0.3) is 15.0 Å². The van der Waals surface area contributed by atoms with E-state index in [1.807, 2.05) is 26.0 Å². The summed E-state index contributed by atoms with van der Waals surface area (Å²) in [5, 5.41) is 4.30. The van der Waals surface area contributed by atoms with Gasteiger partial charge < -0.3 is 9.47 Å². The molecule has 1 atom stereocenters. The van der Waals surface area contributed by atoms with Crippen LogP contribution in [-0.4, -0.2) is 18.2 Å². The van der Waals surface area contributed by atoms with Gasteiger partial charge in [0.25, 0.3) is 0 Å². The van der Waals surface area contributed by atoms with E-state index < -0.39 is 11.6 Å². The second kappa shape index (κ2) is 10.2. The Morgan fingerprint density at radius 1 is 0.971 bits per heavy atom. The molecule has 1 aromatic heterocycles. The number of halogens is 1. The van der Waals surface area contributed by atoms with Gasteiger partial charge in [0.05, 0.1) is 0 Å². The number of rotatable bonds is 5. The van der Waals surface area contributed by atoms with E-state index in [2.05, 4.69) is 60.5 Å². The molecule has 1 heterocycles. The molecule has 0 aliphatic heterocycles. The molecule has 4 rings (SSSR count). The first-order chi connectivity index (χ1) is 16.6. The van der Waals surface area contributed by atoms with Gasteiger partial charge in [-0.05, 0) is 82.1 Å². The third-order valence-electron chi connectivity index (χ3n) is 5.59. The number of carbonyl (C=O) groups is 1. The second-order valence-corrected chi connectivity index (χ2v) is 11.3. The molecule has 5 heteroatoms. The van der Waals surface area contributed by atoms with Crippen LogP contribution < -0.4 is 4.74 Å². The summed E-state index contributed by atoms with van der Waals surface area (Å²) in [6.07, 6.45) is 0. The topological polar surface area (TPSA) is 35.5 Å². The van der Waals surface area contributed by atoms with Gasteiger partial charge in [0.1, 0.15) is 11.1 Å². The fraction of sp³-hybridized carbons (Fsp3) is 0.233. The van der Waals surface area contributed by atoms with Gasteiger partial charge in [-0.1, -0.05) is 35.6 Å². The fourth-order valence-electron chi connectivity index (χ4n) is 3.97. The summed E-state index contributed by atoms with van der Waals surface area (Å²) in [7, 11) is -0.102. The summed E-state index contributed by atoms with van der Waals surface area (Å²) < 4.78 is 12.8. The summed E-state index contributed by atoms with van der Waals surface area (Å²) in [6, 6.07) is 20.1. The Morgan fingerprint density at radius 3 is 2.31 bits per heavy atom. The van der Waals surface area contributed by atoms with Crippen molar-refractivity contribution in [3.8, 4) is 22.5 Å². The molecule has 3 nitrogen and oxygen atoms in total. The molecule has 178 valence electrons. The Balaban J connectivity index is 1.45. The Kier molecular flexibility index (Phi) is 7.21. The smallest absolute Gasteiger partial charge is 0.345 e. The summed E-state index contributed by atoms with van der Waals surface area (Å²) in [5.41, 5.74) is 3.16. The molecular formula is C30H28ClO3S+. The van der Waals surface area contributed by atoms with E-state index >= 15 is 0 Å². The summed E-state index contributed by atoms with van der Waals surface area (Å²) in [6.45, 7) is 9.53. The second-order valence-electron chi connectivity index (χ2n) is 9.05. The Morgan fingerprint density at radius 2 is 1.63 bits per heavy atom. The lowest BCUT2D eigenvalue weighted by molar-refractivity contribution is -0.154. The van der Waals surface area contributed by atoms with E-state index in [0.717, 1.165) is 16.7 Å². The van der Waals surface area contributed by atoms with Gasteiger partial charge in [-0.2, -0.15) is 0 Å². The minimum absolute atomic E-state index is 0.102. The molecule has 0 aliphatic carbocycles. The summed E-state index contributed by atoms with van der Waals surface area (Å²) in [5.74, 6) is 6.27. The van der Waals surface area contributed by atoms with Gasteiger partial charge in [0.15, 0.2) is 21.8 Å². The highest BCUT2D eigenvalue weighted by atomic mass is 35.5. The lowest BCUT2D eigenvalue weighted by atomic mass is 10.1. The average Bonchev–Trinajstić information content (AvgIpc) is 3.14. The first-order valence-electron chi connectivity index (χ1n) is 11.4. The maximum atomic E-state index is 12.5. The van der Waals surface area contributed by atoms with Crippen molar-refractivity contribution in [2.24, 2.45) is 0 Å². The number of fused-ring (bicyclic) bond motifs is 1. The Labute approximate surface area is 214 Å². The van der Waals surface area contributed by atoms with E-state index in [0.29, 0.717) is 10.8 Å². The van der Waals surface area contributed by atoms with E-state index in [4.69, 9.17) is 21.1 Å². The summed E-state index contributed by atoms with van der Waals surface area (Å²) in [4.78, 5) is 13.8. The van der Waals surface area contributed by atoms with E-state index in [1.54, 1.807) is 26.0 Å². The van der Waals surface area contributed by atoms with Crippen molar-refractivity contribution in [1.82, 2.24) is 0 Å². The number of aryl methyl sites for hydroxylation is 3. The molecule has 0 fully saturated rings. The maximum Gasteiger partial charge on any atom is 0.345 e. The third-order valence-corrected chi connectivity index (χ3v) is 8.00. The van der Waals surface area contributed by atoms with Crippen molar-refractivity contribution in [3.63, 3.8) is 0 Å². The molecule has 0 radical (unpaired) electrons. The quantitative estimate of drug-likeness (QED) is 0.158. The van der Waals surface area contributed by atoms with Crippen LogP contribution in [0.15, 0.2) is 66.0 Å². The van der Waals surface area contributed by atoms with Crippen molar-refractivity contribution in [3.05, 3.63) is 93.3 Å². The SMILES string of the molecule is Cc1cc(-[s+]2cc(C)c3ccccc32)cc(C)c1OCC(=O)OC(C)(C)C#Cc1ccc(Cl)cc1. The van der Waals surface area contributed by atoms with Crippen LogP contribution in [0.4, 0.5) is 0 Å². The van der Waals surface area contributed by atoms with Gasteiger partial charge in [-0.25, -0.2) is 4.79 Å². The molecular weight excluding hydrogens is 476 g/mol. The molecule has 0 N–H and O–H groups in total. The van der Waals surface area contributed by atoms with Crippen molar-refractivity contribution >= 4 is 38.1 Å². The fourth-order valence-corrected chi connectivity index (χ4v) is 6.40. The first-order valence-corrected chi connectivity index (χ1v) is 13.0. The molecule has 4 aromatic rings. The van der Waals surface area contributed by atoms with Gasteiger partial charge in [-0.15, -0.1) is 0 Å². The van der Waals surface area contributed by atoms with E-state index in [9.17, 15) is 4.79 Å². The number of hydrogen-bond donors (Lipinski definition) is 0. The van der Waals surface area contributed by atoms with Crippen LogP contribution in [0, 0.1) is 32.6 Å². The largest absolute Gasteiger partial charge is 0.481 e. The van der Waals surface area contributed by atoms with Gasteiger partial charge in [0, 0.05) is 44.1 Å². The molecule has 0 spiro atoms.